The highest BCUT2D eigenvalue weighted by molar-refractivity contribution is 5.79. The molecule has 0 bridgehead atoms. The number of aliphatic imine (C=N–C) groups is 1. The van der Waals surface area contributed by atoms with Crippen LogP contribution < -0.4 is 10.6 Å². The lowest BCUT2D eigenvalue weighted by molar-refractivity contribution is 0.195. The summed E-state index contributed by atoms with van der Waals surface area (Å²) >= 11 is 0. The summed E-state index contributed by atoms with van der Waals surface area (Å²) in [5, 5.41) is 6.81. The molecule has 0 aromatic carbocycles. The Morgan fingerprint density at radius 3 is 3.04 bits per heavy atom. The molecule has 1 aromatic heterocycles. The van der Waals surface area contributed by atoms with Gasteiger partial charge in [-0.25, -0.2) is 0 Å². The number of furan rings is 1. The fraction of sp³-hybridized carbons (Fsp3) is 0.722. The van der Waals surface area contributed by atoms with Crippen LogP contribution >= 0.6 is 0 Å². The SMILES string of the molecule is CCN1CCCC1CN=C(NCCCOC)NCCc1ccco1. The Labute approximate surface area is 145 Å². The van der Waals surface area contributed by atoms with Crippen molar-refractivity contribution in [1.82, 2.24) is 15.5 Å². The van der Waals surface area contributed by atoms with Gasteiger partial charge in [0.25, 0.3) is 0 Å². The van der Waals surface area contributed by atoms with E-state index in [1.165, 1.54) is 19.4 Å². The first-order valence-electron chi connectivity index (χ1n) is 9.11. The van der Waals surface area contributed by atoms with Gasteiger partial charge in [0.1, 0.15) is 5.76 Å². The van der Waals surface area contributed by atoms with Crippen LogP contribution in [-0.4, -0.2) is 63.3 Å². The molecule has 1 atom stereocenters. The highest BCUT2D eigenvalue weighted by atomic mass is 16.5. The number of methoxy groups -OCH3 is 1. The van der Waals surface area contributed by atoms with Crippen molar-refractivity contribution in [1.29, 1.82) is 0 Å². The maximum Gasteiger partial charge on any atom is 0.191 e. The van der Waals surface area contributed by atoms with E-state index in [2.05, 4.69) is 22.5 Å². The summed E-state index contributed by atoms with van der Waals surface area (Å²) in [7, 11) is 1.73. The fourth-order valence-electron chi connectivity index (χ4n) is 3.07. The number of hydrogen-bond acceptors (Lipinski definition) is 4. The van der Waals surface area contributed by atoms with Crippen LogP contribution in [-0.2, 0) is 11.2 Å². The van der Waals surface area contributed by atoms with E-state index >= 15 is 0 Å². The Hall–Kier alpha value is -1.53. The molecule has 0 radical (unpaired) electrons. The number of likely N-dealkylation sites (tertiary alicyclic amines) is 1. The lowest BCUT2D eigenvalue weighted by atomic mass is 10.2. The standard InChI is InChI=1S/C18H32N4O2/c1-3-22-12-4-7-16(22)15-21-18(19-10-6-13-23-2)20-11-9-17-8-5-14-24-17/h5,8,14,16H,3-4,6-7,9-13,15H2,1-2H3,(H2,19,20,21). The first-order chi connectivity index (χ1) is 11.8. The molecule has 6 heteroatoms. The summed E-state index contributed by atoms with van der Waals surface area (Å²) in [5.74, 6) is 1.88. The molecular weight excluding hydrogens is 304 g/mol. The van der Waals surface area contributed by atoms with E-state index in [1.807, 2.05) is 12.1 Å². The summed E-state index contributed by atoms with van der Waals surface area (Å²) in [5.41, 5.74) is 0. The molecule has 1 saturated heterocycles. The molecule has 1 aliphatic rings. The van der Waals surface area contributed by atoms with Crippen molar-refractivity contribution in [2.24, 2.45) is 4.99 Å². The van der Waals surface area contributed by atoms with Gasteiger partial charge in [-0.2, -0.15) is 0 Å². The third kappa shape index (κ3) is 6.53. The predicted octanol–water partition coefficient (Wildman–Crippen LogP) is 1.88. The number of guanidine groups is 1. The Balaban J connectivity index is 1.79. The minimum atomic E-state index is 0.581. The Morgan fingerprint density at radius 2 is 2.29 bits per heavy atom. The molecule has 1 fully saturated rings. The van der Waals surface area contributed by atoms with Crippen molar-refractivity contribution in [2.75, 3.05) is 46.4 Å². The maximum absolute atomic E-state index is 5.37. The first-order valence-corrected chi connectivity index (χ1v) is 9.11. The van der Waals surface area contributed by atoms with Gasteiger partial charge in [-0.3, -0.25) is 9.89 Å². The molecule has 1 aliphatic heterocycles. The van der Waals surface area contributed by atoms with Crippen LogP contribution in [0.3, 0.4) is 0 Å². The van der Waals surface area contributed by atoms with Gasteiger partial charge in [0.15, 0.2) is 5.96 Å². The van der Waals surface area contributed by atoms with E-state index < -0.39 is 0 Å². The van der Waals surface area contributed by atoms with Crippen LogP contribution in [0.5, 0.6) is 0 Å². The van der Waals surface area contributed by atoms with E-state index in [1.54, 1.807) is 13.4 Å². The number of nitrogens with one attached hydrogen (secondary N) is 2. The van der Waals surface area contributed by atoms with Crippen molar-refractivity contribution >= 4 is 5.96 Å². The molecule has 0 aliphatic carbocycles. The zero-order chi connectivity index (χ0) is 17.0. The molecule has 0 saturated carbocycles. The second-order valence-corrected chi connectivity index (χ2v) is 6.14. The van der Waals surface area contributed by atoms with Gasteiger partial charge in [0, 0.05) is 39.3 Å². The summed E-state index contributed by atoms with van der Waals surface area (Å²) in [6.45, 7) is 7.84. The molecule has 2 heterocycles. The van der Waals surface area contributed by atoms with Crippen LogP contribution in [0.2, 0.25) is 0 Å². The molecule has 24 heavy (non-hydrogen) atoms. The maximum atomic E-state index is 5.37. The number of rotatable bonds is 10. The highest BCUT2D eigenvalue weighted by Gasteiger charge is 2.22. The summed E-state index contributed by atoms with van der Waals surface area (Å²) in [6.07, 6.45) is 6.08. The lowest BCUT2D eigenvalue weighted by Crippen LogP contribution is -2.40. The molecule has 2 rings (SSSR count). The summed E-state index contributed by atoms with van der Waals surface area (Å²) in [6, 6.07) is 4.51. The minimum absolute atomic E-state index is 0.581. The average Bonchev–Trinajstić information content (AvgIpc) is 3.27. The van der Waals surface area contributed by atoms with E-state index in [0.29, 0.717) is 6.04 Å². The van der Waals surface area contributed by atoms with E-state index in [0.717, 1.165) is 57.3 Å². The number of likely N-dealkylation sites (N-methyl/N-ethyl adjacent to an activating group) is 1. The smallest absolute Gasteiger partial charge is 0.191 e. The third-order valence-electron chi connectivity index (χ3n) is 4.43. The van der Waals surface area contributed by atoms with E-state index in [4.69, 9.17) is 14.1 Å². The van der Waals surface area contributed by atoms with Gasteiger partial charge in [-0.1, -0.05) is 6.92 Å². The molecule has 2 N–H and O–H groups in total. The minimum Gasteiger partial charge on any atom is -0.469 e. The van der Waals surface area contributed by atoms with Crippen LogP contribution in [0.1, 0.15) is 31.9 Å². The topological polar surface area (TPSA) is 62.0 Å². The molecule has 6 nitrogen and oxygen atoms in total. The summed E-state index contributed by atoms with van der Waals surface area (Å²) < 4.78 is 10.5. The Bertz CT molecular complexity index is 462. The fourth-order valence-corrected chi connectivity index (χ4v) is 3.07. The molecule has 1 aromatic rings. The highest BCUT2D eigenvalue weighted by Crippen LogP contribution is 2.16. The first kappa shape index (κ1) is 18.8. The van der Waals surface area contributed by atoms with Gasteiger partial charge < -0.3 is 19.8 Å². The van der Waals surface area contributed by atoms with Gasteiger partial charge in [0.2, 0.25) is 0 Å². The van der Waals surface area contributed by atoms with Crippen molar-refractivity contribution in [3.8, 4) is 0 Å². The second-order valence-electron chi connectivity index (χ2n) is 6.14. The zero-order valence-corrected chi connectivity index (χ0v) is 15.1. The van der Waals surface area contributed by atoms with Gasteiger partial charge >= 0.3 is 0 Å². The Morgan fingerprint density at radius 1 is 1.42 bits per heavy atom. The second kappa shape index (κ2) is 11.1. The van der Waals surface area contributed by atoms with E-state index in [9.17, 15) is 0 Å². The van der Waals surface area contributed by atoms with Crippen molar-refractivity contribution in [2.45, 2.75) is 38.6 Å². The largest absolute Gasteiger partial charge is 0.469 e. The lowest BCUT2D eigenvalue weighted by Gasteiger charge is -2.21. The van der Waals surface area contributed by atoms with Crippen molar-refractivity contribution < 1.29 is 9.15 Å². The Kier molecular flexibility index (Phi) is 8.70. The van der Waals surface area contributed by atoms with Crippen molar-refractivity contribution in [3.63, 3.8) is 0 Å². The zero-order valence-electron chi connectivity index (χ0n) is 15.1. The number of hydrogen-bond donors (Lipinski definition) is 2. The molecule has 1 unspecified atom stereocenters. The van der Waals surface area contributed by atoms with Crippen molar-refractivity contribution in [3.05, 3.63) is 24.2 Å². The molecular formula is C18H32N4O2. The van der Waals surface area contributed by atoms with Gasteiger partial charge in [-0.15, -0.1) is 0 Å². The van der Waals surface area contributed by atoms with Crippen LogP contribution in [0.25, 0.3) is 0 Å². The summed E-state index contributed by atoms with van der Waals surface area (Å²) in [4.78, 5) is 7.32. The quantitative estimate of drug-likeness (QED) is 0.388. The molecule has 136 valence electrons. The number of nitrogens with zero attached hydrogens (tertiary/aromatic N) is 2. The molecule has 0 spiro atoms. The third-order valence-corrected chi connectivity index (χ3v) is 4.43. The van der Waals surface area contributed by atoms with Crippen LogP contribution in [0.15, 0.2) is 27.8 Å². The number of ether oxygens (including phenoxy) is 1. The monoisotopic (exact) mass is 336 g/mol. The predicted molar refractivity (Wildman–Crippen MR) is 97.5 cm³/mol. The molecule has 0 amide bonds. The normalized spacial score (nSPS) is 18.9. The van der Waals surface area contributed by atoms with Gasteiger partial charge in [-0.05, 0) is 44.5 Å². The van der Waals surface area contributed by atoms with Crippen LogP contribution in [0, 0.1) is 0 Å². The van der Waals surface area contributed by atoms with Gasteiger partial charge in [0.05, 0.1) is 12.8 Å². The van der Waals surface area contributed by atoms with E-state index in [-0.39, 0.29) is 0 Å². The average molecular weight is 336 g/mol. The van der Waals surface area contributed by atoms with Crippen LogP contribution in [0.4, 0.5) is 0 Å².